The van der Waals surface area contributed by atoms with E-state index in [4.69, 9.17) is 14.0 Å². The number of amides is 1. The number of hydrazone groups is 1. The molecule has 270 valence electrons. The van der Waals surface area contributed by atoms with Crippen LogP contribution in [0.1, 0.15) is 28.1 Å². The molecule has 0 unspecified atom stereocenters. The Morgan fingerprint density at radius 3 is 2.40 bits per heavy atom. The third-order valence-corrected chi connectivity index (χ3v) is 8.15. The first-order chi connectivity index (χ1) is 25.1. The van der Waals surface area contributed by atoms with Crippen molar-refractivity contribution in [3.63, 3.8) is 0 Å². The van der Waals surface area contributed by atoms with E-state index in [9.17, 15) is 27.5 Å². The Bertz CT molecular complexity index is 2000. The number of phenolic OH excluding ortho intramolecular Hbond substituents is 1. The number of halogens is 4. The number of aromatic nitrogens is 2. The third kappa shape index (κ3) is 9.92. The van der Waals surface area contributed by atoms with Crippen LogP contribution in [0, 0.1) is 5.82 Å². The highest BCUT2D eigenvalue weighted by molar-refractivity contribution is 5.85. The van der Waals surface area contributed by atoms with Gasteiger partial charge in [-0.2, -0.15) is 23.3 Å². The molecule has 1 aromatic heterocycles. The van der Waals surface area contributed by atoms with Crippen molar-refractivity contribution in [2.75, 3.05) is 32.7 Å². The summed E-state index contributed by atoms with van der Waals surface area (Å²) in [5.74, 6) is 0.241. The van der Waals surface area contributed by atoms with Gasteiger partial charge in [-0.15, -0.1) is 0 Å². The van der Waals surface area contributed by atoms with Crippen LogP contribution in [-0.2, 0) is 30.7 Å². The Kier molecular flexibility index (Phi) is 11.4. The molecule has 0 bridgehead atoms. The number of phenols is 1. The quantitative estimate of drug-likeness (QED) is 0.0854. The number of para-hydroxylation sites is 1. The highest BCUT2D eigenvalue weighted by atomic mass is 19.4. The van der Waals surface area contributed by atoms with Gasteiger partial charge in [-0.05, 0) is 47.5 Å². The van der Waals surface area contributed by atoms with E-state index in [2.05, 4.69) is 25.6 Å². The number of rotatable bonds is 13. The number of alkyl halides is 3. The molecule has 1 fully saturated rings. The van der Waals surface area contributed by atoms with Gasteiger partial charge < -0.3 is 19.1 Å². The van der Waals surface area contributed by atoms with Crippen molar-refractivity contribution in [3.8, 4) is 28.6 Å². The van der Waals surface area contributed by atoms with Crippen molar-refractivity contribution in [2.24, 2.45) is 5.10 Å². The van der Waals surface area contributed by atoms with Crippen molar-refractivity contribution in [2.45, 2.75) is 25.9 Å². The molecule has 52 heavy (non-hydrogen) atoms. The predicted molar refractivity (Wildman–Crippen MR) is 182 cm³/mol. The first-order valence-corrected chi connectivity index (χ1v) is 16.3. The maximum atomic E-state index is 13.4. The van der Waals surface area contributed by atoms with Crippen LogP contribution in [-0.4, -0.2) is 69.9 Å². The number of hydrogen-bond donors (Lipinski definition) is 2. The molecule has 1 aliphatic heterocycles. The standard InChI is InChI=1S/C37H34F4N6O5/c38-29-5-3-4-26(18-29)24-50-30-13-12-28(32(48)19-30)20-42-44-34(49)21-46-14-16-47(17-15-46)22-35-43-36(45-52-35)27-10-8-25(9-11-27)23-51-33-7-2-1-6-31(33)37(39,40)41/h1-13,18-20,48H,14-17,21-24H2,(H,44,49)/b42-20+. The summed E-state index contributed by atoms with van der Waals surface area (Å²) >= 11 is 0. The zero-order valence-corrected chi connectivity index (χ0v) is 27.7. The Morgan fingerprint density at radius 1 is 0.904 bits per heavy atom. The normalized spacial score (nSPS) is 14.1. The van der Waals surface area contributed by atoms with Gasteiger partial charge in [-0.1, -0.05) is 53.7 Å². The van der Waals surface area contributed by atoms with Crippen molar-refractivity contribution in [1.29, 1.82) is 0 Å². The van der Waals surface area contributed by atoms with Crippen LogP contribution in [0.4, 0.5) is 17.6 Å². The zero-order valence-electron chi connectivity index (χ0n) is 27.7. The van der Waals surface area contributed by atoms with Gasteiger partial charge in [0.25, 0.3) is 5.91 Å². The van der Waals surface area contributed by atoms with Crippen LogP contribution in [0.3, 0.4) is 0 Å². The Morgan fingerprint density at radius 2 is 1.65 bits per heavy atom. The van der Waals surface area contributed by atoms with E-state index in [0.29, 0.717) is 72.4 Å². The maximum Gasteiger partial charge on any atom is 0.419 e. The van der Waals surface area contributed by atoms with E-state index < -0.39 is 11.7 Å². The molecule has 11 nitrogen and oxygen atoms in total. The molecule has 15 heteroatoms. The Hall–Kier alpha value is -5.80. The monoisotopic (exact) mass is 718 g/mol. The number of hydrogen-bond acceptors (Lipinski definition) is 10. The van der Waals surface area contributed by atoms with E-state index in [-0.39, 0.29) is 43.0 Å². The molecular formula is C37H34F4N6O5. The molecule has 0 saturated carbocycles. The highest BCUT2D eigenvalue weighted by Crippen LogP contribution is 2.36. The van der Waals surface area contributed by atoms with Gasteiger partial charge in [-0.3, -0.25) is 14.6 Å². The molecule has 4 aromatic carbocycles. The molecule has 0 radical (unpaired) electrons. The fourth-order valence-electron chi connectivity index (χ4n) is 5.40. The number of nitrogens with one attached hydrogen (secondary N) is 1. The van der Waals surface area contributed by atoms with Gasteiger partial charge in [0.15, 0.2) is 0 Å². The third-order valence-electron chi connectivity index (χ3n) is 8.15. The van der Waals surface area contributed by atoms with Crippen molar-refractivity contribution in [1.82, 2.24) is 25.4 Å². The van der Waals surface area contributed by atoms with Gasteiger partial charge in [0.1, 0.15) is 36.3 Å². The van der Waals surface area contributed by atoms with Crippen LogP contribution < -0.4 is 14.9 Å². The molecule has 1 amide bonds. The van der Waals surface area contributed by atoms with Crippen LogP contribution in [0.15, 0.2) is 101 Å². The van der Waals surface area contributed by atoms with Crippen LogP contribution in [0.5, 0.6) is 17.2 Å². The zero-order chi connectivity index (χ0) is 36.5. The fraction of sp³-hybridized carbons (Fsp3) is 0.243. The van der Waals surface area contributed by atoms with E-state index >= 15 is 0 Å². The number of benzene rings is 4. The number of piperazine rings is 1. The minimum atomic E-state index is -4.51. The predicted octanol–water partition coefficient (Wildman–Crippen LogP) is 6.03. The lowest BCUT2D eigenvalue weighted by Crippen LogP contribution is -2.48. The summed E-state index contributed by atoms with van der Waals surface area (Å²) < 4.78 is 69.6. The van der Waals surface area contributed by atoms with Gasteiger partial charge in [-0.25, -0.2) is 9.82 Å². The summed E-state index contributed by atoms with van der Waals surface area (Å²) in [5, 5.41) is 18.4. The molecule has 0 aliphatic carbocycles. The van der Waals surface area contributed by atoms with Crippen LogP contribution in [0.2, 0.25) is 0 Å². The topological polar surface area (TPSA) is 126 Å². The Balaban J connectivity index is 0.904. The van der Waals surface area contributed by atoms with E-state index in [1.807, 2.05) is 4.90 Å². The molecule has 0 spiro atoms. The SMILES string of the molecule is O=C(CN1CCN(Cc2nc(-c3ccc(COc4ccccc4C(F)(F)F)cc3)no2)CC1)N/N=C/c1ccc(OCc2cccc(F)c2)cc1O. The summed E-state index contributed by atoms with van der Waals surface area (Å²) in [5.41, 5.74) is 4.06. The minimum absolute atomic E-state index is 0.0385. The number of nitrogens with zero attached hydrogens (tertiary/aromatic N) is 5. The summed E-state index contributed by atoms with van der Waals surface area (Å²) in [7, 11) is 0. The lowest BCUT2D eigenvalue weighted by Gasteiger charge is -2.33. The second-order valence-electron chi connectivity index (χ2n) is 12.0. The Labute approximate surface area is 296 Å². The lowest BCUT2D eigenvalue weighted by molar-refractivity contribution is -0.139. The number of carbonyl (C=O) groups is 1. The second-order valence-corrected chi connectivity index (χ2v) is 12.0. The number of ether oxygens (including phenoxy) is 2. The van der Waals surface area contributed by atoms with E-state index in [1.54, 1.807) is 48.5 Å². The minimum Gasteiger partial charge on any atom is -0.507 e. The highest BCUT2D eigenvalue weighted by Gasteiger charge is 2.34. The molecule has 2 N–H and O–H groups in total. The van der Waals surface area contributed by atoms with Crippen molar-refractivity contribution in [3.05, 3.63) is 125 Å². The fourth-order valence-corrected chi connectivity index (χ4v) is 5.40. The molecule has 6 rings (SSSR count). The molecule has 1 saturated heterocycles. The van der Waals surface area contributed by atoms with E-state index in [1.165, 1.54) is 42.6 Å². The summed E-state index contributed by atoms with van der Waals surface area (Å²) in [6.45, 7) is 3.28. The van der Waals surface area contributed by atoms with Crippen LogP contribution >= 0.6 is 0 Å². The van der Waals surface area contributed by atoms with Gasteiger partial charge in [0.05, 0.1) is 24.9 Å². The first kappa shape index (κ1) is 36.0. The second kappa shape index (κ2) is 16.5. The lowest BCUT2D eigenvalue weighted by atomic mass is 10.1. The number of carbonyl (C=O) groups excluding carboxylic acids is 1. The average molecular weight is 719 g/mol. The number of aromatic hydroxyl groups is 1. The van der Waals surface area contributed by atoms with Crippen LogP contribution in [0.25, 0.3) is 11.4 Å². The van der Waals surface area contributed by atoms with Gasteiger partial charge in [0, 0.05) is 43.4 Å². The first-order valence-electron chi connectivity index (χ1n) is 16.3. The molecule has 1 aliphatic rings. The summed E-state index contributed by atoms with van der Waals surface area (Å²) in [6.07, 6.45) is -3.17. The van der Waals surface area contributed by atoms with Crippen molar-refractivity contribution >= 4 is 12.1 Å². The van der Waals surface area contributed by atoms with Crippen molar-refractivity contribution < 1.29 is 41.5 Å². The van der Waals surface area contributed by atoms with Gasteiger partial charge in [0.2, 0.25) is 11.7 Å². The van der Waals surface area contributed by atoms with E-state index in [0.717, 1.165) is 6.07 Å². The average Bonchev–Trinajstić information content (AvgIpc) is 3.60. The smallest absolute Gasteiger partial charge is 0.419 e. The molecular weight excluding hydrogens is 684 g/mol. The molecule has 5 aromatic rings. The summed E-state index contributed by atoms with van der Waals surface area (Å²) in [6, 6.07) is 22.8. The maximum absolute atomic E-state index is 13.4. The largest absolute Gasteiger partial charge is 0.507 e. The molecule has 0 atom stereocenters. The summed E-state index contributed by atoms with van der Waals surface area (Å²) in [4.78, 5) is 21.1. The van der Waals surface area contributed by atoms with Gasteiger partial charge >= 0.3 is 6.18 Å². The molecule has 2 heterocycles.